The molecule has 196 valence electrons. The summed E-state index contributed by atoms with van der Waals surface area (Å²) in [5, 5.41) is 0.687. The van der Waals surface area contributed by atoms with Crippen LogP contribution in [-0.2, 0) is 16.6 Å². The van der Waals surface area contributed by atoms with Gasteiger partial charge in [0.2, 0.25) is 10.0 Å². The van der Waals surface area contributed by atoms with E-state index in [1.54, 1.807) is 42.5 Å². The van der Waals surface area contributed by atoms with Crippen LogP contribution >= 0.6 is 11.6 Å². The van der Waals surface area contributed by atoms with Gasteiger partial charge in [-0.1, -0.05) is 35.4 Å². The second kappa shape index (κ2) is 11.5. The lowest BCUT2D eigenvalue weighted by molar-refractivity contribution is 0.0746. The standard InChI is InChI=1S/C28H32ClN3O4S/c1-4-36-27-13-10-22(18-23(27)20-30(3)37(34,35)26-11-8-21(2)9-12-26)28(33)32-16-14-31(15-17-32)25-7-5-6-24(29)19-25/h5-13,18-19H,4,14-17,20H2,1-3H3. The van der Waals surface area contributed by atoms with Crippen molar-refractivity contribution in [2.75, 3.05) is 44.7 Å². The number of carbonyl (C=O) groups excluding carboxylic acids is 1. The third-order valence-electron chi connectivity index (χ3n) is 6.47. The summed E-state index contributed by atoms with van der Waals surface area (Å²) in [6, 6.07) is 19.7. The van der Waals surface area contributed by atoms with Gasteiger partial charge >= 0.3 is 0 Å². The van der Waals surface area contributed by atoms with Crippen molar-refractivity contribution in [2.45, 2.75) is 25.3 Å². The summed E-state index contributed by atoms with van der Waals surface area (Å²) in [4.78, 5) is 17.6. The Hall–Kier alpha value is -3.07. The fourth-order valence-corrected chi connectivity index (χ4v) is 5.70. The van der Waals surface area contributed by atoms with E-state index in [0.717, 1.165) is 11.3 Å². The van der Waals surface area contributed by atoms with Gasteiger partial charge < -0.3 is 14.5 Å². The number of hydrogen-bond acceptors (Lipinski definition) is 5. The highest BCUT2D eigenvalue weighted by Gasteiger charge is 2.25. The molecule has 1 amide bonds. The van der Waals surface area contributed by atoms with Crippen LogP contribution in [0, 0.1) is 6.92 Å². The van der Waals surface area contributed by atoms with Gasteiger partial charge in [-0.3, -0.25) is 4.79 Å². The quantitative estimate of drug-likeness (QED) is 0.408. The smallest absolute Gasteiger partial charge is 0.253 e. The molecule has 0 aliphatic carbocycles. The molecule has 3 aromatic carbocycles. The van der Waals surface area contributed by atoms with Crippen LogP contribution < -0.4 is 9.64 Å². The van der Waals surface area contributed by atoms with Crippen molar-refractivity contribution in [1.29, 1.82) is 0 Å². The van der Waals surface area contributed by atoms with Crippen LogP contribution in [0.25, 0.3) is 0 Å². The van der Waals surface area contributed by atoms with Crippen molar-refractivity contribution in [3.8, 4) is 5.75 Å². The lowest BCUT2D eigenvalue weighted by Gasteiger charge is -2.36. The summed E-state index contributed by atoms with van der Waals surface area (Å²) < 4.78 is 33.3. The SMILES string of the molecule is CCOc1ccc(C(=O)N2CCN(c3cccc(Cl)c3)CC2)cc1CN(C)S(=O)(=O)c1ccc(C)cc1. The molecule has 37 heavy (non-hydrogen) atoms. The van der Waals surface area contributed by atoms with Crippen molar-refractivity contribution in [1.82, 2.24) is 9.21 Å². The number of sulfonamides is 1. The molecule has 0 radical (unpaired) electrons. The molecule has 1 fully saturated rings. The second-order valence-corrected chi connectivity index (χ2v) is 11.6. The molecule has 0 N–H and O–H groups in total. The van der Waals surface area contributed by atoms with Crippen LogP contribution in [0.4, 0.5) is 5.69 Å². The third kappa shape index (κ3) is 6.26. The van der Waals surface area contributed by atoms with E-state index in [4.69, 9.17) is 16.3 Å². The first-order valence-corrected chi connectivity index (χ1v) is 14.1. The maximum Gasteiger partial charge on any atom is 0.253 e. The number of piperazine rings is 1. The molecule has 1 aliphatic rings. The average molecular weight is 542 g/mol. The Morgan fingerprint density at radius 2 is 1.70 bits per heavy atom. The maximum absolute atomic E-state index is 13.4. The van der Waals surface area contributed by atoms with E-state index in [1.807, 2.05) is 43.0 Å². The lowest BCUT2D eigenvalue weighted by atomic mass is 10.1. The normalized spacial score (nSPS) is 14.2. The Bertz CT molecular complexity index is 1350. The van der Waals surface area contributed by atoms with Crippen LogP contribution in [0.2, 0.25) is 5.02 Å². The van der Waals surface area contributed by atoms with Crippen molar-refractivity contribution in [3.63, 3.8) is 0 Å². The first-order valence-electron chi connectivity index (χ1n) is 12.3. The summed E-state index contributed by atoms with van der Waals surface area (Å²) >= 11 is 6.14. The zero-order valence-electron chi connectivity index (χ0n) is 21.4. The van der Waals surface area contributed by atoms with Gasteiger partial charge in [0.15, 0.2) is 0 Å². The van der Waals surface area contributed by atoms with Crippen LogP contribution in [0.1, 0.15) is 28.4 Å². The summed E-state index contributed by atoms with van der Waals surface area (Å²) in [7, 11) is -2.17. The molecule has 0 spiro atoms. The molecule has 0 bridgehead atoms. The molecule has 1 aliphatic heterocycles. The van der Waals surface area contributed by atoms with Crippen molar-refractivity contribution in [2.24, 2.45) is 0 Å². The van der Waals surface area contributed by atoms with E-state index in [0.29, 0.717) is 54.7 Å². The van der Waals surface area contributed by atoms with Gasteiger partial charge in [-0.25, -0.2) is 8.42 Å². The van der Waals surface area contributed by atoms with Crippen molar-refractivity contribution < 1.29 is 17.9 Å². The molecule has 0 atom stereocenters. The van der Waals surface area contributed by atoms with E-state index in [2.05, 4.69) is 4.90 Å². The Balaban J connectivity index is 1.50. The molecule has 0 unspecified atom stereocenters. The predicted molar refractivity (Wildman–Crippen MR) is 147 cm³/mol. The topological polar surface area (TPSA) is 70.2 Å². The molecule has 0 aromatic heterocycles. The molecule has 3 aromatic rings. The number of hydrogen-bond donors (Lipinski definition) is 0. The number of aryl methyl sites for hydroxylation is 1. The predicted octanol–water partition coefficient (Wildman–Crippen LogP) is 4.83. The van der Waals surface area contributed by atoms with Gasteiger partial charge in [-0.15, -0.1) is 0 Å². The fourth-order valence-electron chi connectivity index (χ4n) is 4.37. The number of benzene rings is 3. The Labute approximate surface area is 224 Å². The van der Waals surface area contributed by atoms with Gasteiger partial charge in [0, 0.05) is 61.6 Å². The summed E-state index contributed by atoms with van der Waals surface area (Å²) in [6.07, 6.45) is 0. The second-order valence-electron chi connectivity index (χ2n) is 9.09. The molecule has 1 heterocycles. The maximum atomic E-state index is 13.4. The minimum Gasteiger partial charge on any atom is -0.494 e. The zero-order valence-corrected chi connectivity index (χ0v) is 22.9. The van der Waals surface area contributed by atoms with Crippen molar-refractivity contribution >= 4 is 33.2 Å². The fraction of sp³-hybridized carbons (Fsp3) is 0.321. The number of halogens is 1. The molecule has 0 saturated carbocycles. The summed E-state index contributed by atoms with van der Waals surface area (Å²) in [6.45, 7) is 6.85. The average Bonchev–Trinajstić information content (AvgIpc) is 2.89. The minimum atomic E-state index is -3.71. The van der Waals surface area contributed by atoms with Gasteiger partial charge in [0.05, 0.1) is 11.5 Å². The minimum absolute atomic E-state index is 0.0786. The monoisotopic (exact) mass is 541 g/mol. The van der Waals surface area contributed by atoms with Gasteiger partial charge in [-0.2, -0.15) is 4.31 Å². The van der Waals surface area contributed by atoms with Gasteiger partial charge in [-0.05, 0) is 62.4 Å². The third-order valence-corrected chi connectivity index (χ3v) is 8.52. The first kappa shape index (κ1) is 27.0. The van der Waals surface area contributed by atoms with E-state index in [-0.39, 0.29) is 17.3 Å². The Kier molecular flexibility index (Phi) is 8.42. The number of ether oxygens (including phenoxy) is 1. The highest BCUT2D eigenvalue weighted by Crippen LogP contribution is 2.26. The highest BCUT2D eigenvalue weighted by molar-refractivity contribution is 7.89. The molecule has 9 heteroatoms. The van der Waals surface area contributed by atoms with E-state index in [9.17, 15) is 13.2 Å². The number of amides is 1. The molecular formula is C28H32ClN3O4S. The largest absolute Gasteiger partial charge is 0.494 e. The van der Waals surface area contributed by atoms with E-state index >= 15 is 0 Å². The van der Waals surface area contributed by atoms with E-state index < -0.39 is 10.0 Å². The number of nitrogens with zero attached hydrogens (tertiary/aromatic N) is 3. The molecule has 4 rings (SSSR count). The van der Waals surface area contributed by atoms with Crippen molar-refractivity contribution in [3.05, 3.63) is 88.4 Å². The number of anilines is 1. The van der Waals surface area contributed by atoms with Gasteiger partial charge in [0.1, 0.15) is 5.75 Å². The summed E-state index contributed by atoms with van der Waals surface area (Å²) in [5.41, 5.74) is 3.18. The molecule has 7 nitrogen and oxygen atoms in total. The Morgan fingerprint density at radius 1 is 1.00 bits per heavy atom. The molecule has 1 saturated heterocycles. The van der Waals surface area contributed by atoms with Crippen LogP contribution in [0.3, 0.4) is 0 Å². The zero-order chi connectivity index (χ0) is 26.6. The summed E-state index contributed by atoms with van der Waals surface area (Å²) in [5.74, 6) is 0.481. The first-order chi connectivity index (χ1) is 17.7. The van der Waals surface area contributed by atoms with E-state index in [1.165, 1.54) is 11.4 Å². The van der Waals surface area contributed by atoms with Gasteiger partial charge in [0.25, 0.3) is 5.91 Å². The lowest BCUT2D eigenvalue weighted by Crippen LogP contribution is -2.48. The molecular weight excluding hydrogens is 510 g/mol. The number of rotatable bonds is 8. The Morgan fingerprint density at radius 3 is 2.35 bits per heavy atom. The van der Waals surface area contributed by atoms with Crippen LogP contribution in [0.15, 0.2) is 71.6 Å². The van der Waals surface area contributed by atoms with Crippen LogP contribution in [0.5, 0.6) is 5.75 Å². The highest BCUT2D eigenvalue weighted by atomic mass is 35.5. The number of carbonyl (C=O) groups is 1. The van der Waals surface area contributed by atoms with Crippen LogP contribution in [-0.4, -0.2) is 63.4 Å².